The van der Waals surface area contributed by atoms with E-state index >= 15 is 0 Å². The molecule has 0 aliphatic carbocycles. The molecule has 0 bridgehead atoms. The quantitative estimate of drug-likeness (QED) is 0.456. The second-order valence-corrected chi connectivity index (χ2v) is 9.24. The highest BCUT2D eigenvalue weighted by Gasteiger charge is 2.21. The van der Waals surface area contributed by atoms with Crippen LogP contribution in [0, 0.1) is 0 Å². The first-order valence-electron chi connectivity index (χ1n) is 10.8. The molecule has 0 heterocycles. The van der Waals surface area contributed by atoms with Crippen molar-refractivity contribution in [1.82, 2.24) is 4.31 Å². The van der Waals surface area contributed by atoms with Crippen molar-refractivity contribution in [3.8, 4) is 5.75 Å². The van der Waals surface area contributed by atoms with Gasteiger partial charge in [0.2, 0.25) is 10.0 Å². The molecule has 0 unspecified atom stereocenters. The standard InChI is InChI=1S/C25H27N3O5S/c1-3-28(4-2)34(31,32)23-15-13-20(14-16-23)26-24(29)18-33-22-12-8-11-21(17-22)27-25(30)19-9-6-5-7-10-19/h5-17H,3-4,18H2,1-2H3,(H,26,29)(H,27,30). The zero-order chi connectivity index (χ0) is 24.6. The minimum Gasteiger partial charge on any atom is -0.484 e. The lowest BCUT2D eigenvalue weighted by Gasteiger charge is -2.18. The third kappa shape index (κ3) is 6.43. The third-order valence-electron chi connectivity index (χ3n) is 4.98. The molecule has 0 aliphatic heterocycles. The normalized spacial score (nSPS) is 11.1. The van der Waals surface area contributed by atoms with Gasteiger partial charge in [0.05, 0.1) is 4.90 Å². The van der Waals surface area contributed by atoms with Gasteiger partial charge in [-0.25, -0.2) is 8.42 Å². The highest BCUT2D eigenvalue weighted by molar-refractivity contribution is 7.89. The van der Waals surface area contributed by atoms with Crippen molar-refractivity contribution in [2.24, 2.45) is 0 Å². The molecule has 0 aromatic heterocycles. The predicted molar refractivity (Wildman–Crippen MR) is 132 cm³/mol. The number of amides is 2. The Morgan fingerprint density at radius 1 is 0.824 bits per heavy atom. The van der Waals surface area contributed by atoms with E-state index in [0.717, 1.165) is 0 Å². The molecule has 2 amide bonds. The topological polar surface area (TPSA) is 105 Å². The molecule has 178 valence electrons. The number of rotatable bonds is 10. The predicted octanol–water partition coefficient (Wildman–Crippen LogP) is 3.99. The zero-order valence-electron chi connectivity index (χ0n) is 19.0. The van der Waals surface area contributed by atoms with Crippen molar-refractivity contribution in [3.05, 3.63) is 84.4 Å². The zero-order valence-corrected chi connectivity index (χ0v) is 19.8. The number of hydrogen-bond donors (Lipinski definition) is 2. The van der Waals surface area contributed by atoms with Crippen LogP contribution in [0.4, 0.5) is 11.4 Å². The van der Waals surface area contributed by atoms with E-state index in [1.54, 1.807) is 62.4 Å². The van der Waals surface area contributed by atoms with Crippen LogP contribution in [0.5, 0.6) is 5.75 Å². The first-order chi connectivity index (χ1) is 16.3. The molecule has 8 nitrogen and oxygen atoms in total. The second kappa shape index (κ2) is 11.4. The maximum atomic E-state index is 12.6. The summed E-state index contributed by atoms with van der Waals surface area (Å²) in [6.45, 7) is 4.07. The summed E-state index contributed by atoms with van der Waals surface area (Å²) in [4.78, 5) is 24.7. The number of ether oxygens (including phenoxy) is 1. The van der Waals surface area contributed by atoms with Crippen molar-refractivity contribution >= 4 is 33.2 Å². The number of carbonyl (C=O) groups is 2. The number of anilines is 2. The summed E-state index contributed by atoms with van der Waals surface area (Å²) in [6.07, 6.45) is 0. The van der Waals surface area contributed by atoms with Crippen molar-refractivity contribution in [3.63, 3.8) is 0 Å². The number of carbonyl (C=O) groups excluding carboxylic acids is 2. The summed E-state index contributed by atoms with van der Waals surface area (Å²) in [5.74, 6) is -0.235. The molecule has 3 aromatic carbocycles. The number of nitrogens with one attached hydrogen (secondary N) is 2. The average Bonchev–Trinajstić information content (AvgIpc) is 2.84. The molecule has 3 aromatic rings. The van der Waals surface area contributed by atoms with Crippen LogP contribution < -0.4 is 15.4 Å². The lowest BCUT2D eigenvalue weighted by atomic mass is 10.2. The molecule has 9 heteroatoms. The van der Waals surface area contributed by atoms with Gasteiger partial charge in [-0.1, -0.05) is 38.1 Å². The number of benzene rings is 3. The highest BCUT2D eigenvalue weighted by Crippen LogP contribution is 2.20. The molecule has 0 fully saturated rings. The highest BCUT2D eigenvalue weighted by atomic mass is 32.2. The van der Waals surface area contributed by atoms with Crippen molar-refractivity contribution in [2.75, 3.05) is 30.3 Å². The first kappa shape index (κ1) is 24.9. The molecule has 0 radical (unpaired) electrons. The van der Waals surface area contributed by atoms with E-state index < -0.39 is 15.9 Å². The van der Waals surface area contributed by atoms with Crippen LogP contribution in [0.25, 0.3) is 0 Å². The lowest BCUT2D eigenvalue weighted by Crippen LogP contribution is -2.30. The Balaban J connectivity index is 1.55. The molecular formula is C25H27N3O5S. The monoisotopic (exact) mass is 481 g/mol. The maximum absolute atomic E-state index is 12.6. The van der Waals surface area contributed by atoms with Crippen LogP contribution in [0.1, 0.15) is 24.2 Å². The van der Waals surface area contributed by atoms with Gasteiger partial charge < -0.3 is 15.4 Å². The van der Waals surface area contributed by atoms with Crippen LogP contribution in [-0.4, -0.2) is 44.2 Å². The Morgan fingerprint density at radius 3 is 2.15 bits per heavy atom. The van der Waals surface area contributed by atoms with Crippen LogP contribution in [0.2, 0.25) is 0 Å². The fourth-order valence-electron chi connectivity index (χ4n) is 3.23. The van der Waals surface area contributed by atoms with E-state index in [9.17, 15) is 18.0 Å². The summed E-state index contributed by atoms with van der Waals surface area (Å²) < 4.78 is 32.0. The van der Waals surface area contributed by atoms with Crippen molar-refractivity contribution in [2.45, 2.75) is 18.7 Å². The summed E-state index contributed by atoms with van der Waals surface area (Å²) in [5.41, 5.74) is 1.52. The summed E-state index contributed by atoms with van der Waals surface area (Å²) in [6, 6.07) is 21.6. The molecule has 3 rings (SSSR count). The van der Waals surface area contributed by atoms with E-state index in [-0.39, 0.29) is 17.4 Å². The first-order valence-corrected chi connectivity index (χ1v) is 12.3. The molecule has 0 saturated heterocycles. The Morgan fingerprint density at radius 2 is 1.50 bits per heavy atom. The van der Waals surface area contributed by atoms with E-state index in [0.29, 0.717) is 35.8 Å². The fraction of sp³-hybridized carbons (Fsp3) is 0.200. The minimum absolute atomic E-state index is 0.166. The van der Waals surface area contributed by atoms with Gasteiger partial charge in [0, 0.05) is 36.1 Å². The molecule has 34 heavy (non-hydrogen) atoms. The van der Waals surface area contributed by atoms with Gasteiger partial charge in [0.15, 0.2) is 6.61 Å². The summed E-state index contributed by atoms with van der Waals surface area (Å²) in [7, 11) is -3.56. The Bertz CT molecular complexity index is 1220. The SMILES string of the molecule is CCN(CC)S(=O)(=O)c1ccc(NC(=O)COc2cccc(NC(=O)c3ccccc3)c2)cc1. The molecule has 0 atom stereocenters. The van der Waals surface area contributed by atoms with E-state index in [2.05, 4.69) is 10.6 Å². The third-order valence-corrected chi connectivity index (χ3v) is 7.04. The Hall–Kier alpha value is -3.69. The molecule has 0 saturated carbocycles. The number of hydrogen-bond acceptors (Lipinski definition) is 5. The van der Waals surface area contributed by atoms with Gasteiger partial charge in [-0.3, -0.25) is 9.59 Å². The van der Waals surface area contributed by atoms with Crippen LogP contribution >= 0.6 is 0 Å². The van der Waals surface area contributed by atoms with Gasteiger partial charge in [0.1, 0.15) is 5.75 Å². The second-order valence-electron chi connectivity index (χ2n) is 7.30. The average molecular weight is 482 g/mol. The van der Waals surface area contributed by atoms with Crippen LogP contribution in [-0.2, 0) is 14.8 Å². The van der Waals surface area contributed by atoms with Crippen molar-refractivity contribution in [1.29, 1.82) is 0 Å². The van der Waals surface area contributed by atoms with E-state index in [4.69, 9.17) is 4.74 Å². The maximum Gasteiger partial charge on any atom is 0.262 e. The fourth-order valence-corrected chi connectivity index (χ4v) is 4.68. The Labute approximate surface area is 199 Å². The number of nitrogens with zero attached hydrogens (tertiary/aromatic N) is 1. The molecule has 2 N–H and O–H groups in total. The largest absolute Gasteiger partial charge is 0.484 e. The minimum atomic E-state index is -3.56. The summed E-state index contributed by atoms with van der Waals surface area (Å²) in [5, 5.41) is 5.46. The lowest BCUT2D eigenvalue weighted by molar-refractivity contribution is -0.118. The van der Waals surface area contributed by atoms with Gasteiger partial charge in [0.25, 0.3) is 11.8 Å². The van der Waals surface area contributed by atoms with E-state index in [1.165, 1.54) is 28.6 Å². The van der Waals surface area contributed by atoms with Gasteiger partial charge in [-0.15, -0.1) is 0 Å². The molecule has 0 aliphatic rings. The van der Waals surface area contributed by atoms with Gasteiger partial charge >= 0.3 is 0 Å². The Kier molecular flexibility index (Phi) is 8.39. The van der Waals surface area contributed by atoms with Crippen LogP contribution in [0.3, 0.4) is 0 Å². The van der Waals surface area contributed by atoms with Gasteiger partial charge in [-0.2, -0.15) is 4.31 Å². The molecular weight excluding hydrogens is 454 g/mol. The van der Waals surface area contributed by atoms with Crippen molar-refractivity contribution < 1.29 is 22.7 Å². The number of sulfonamides is 1. The summed E-state index contributed by atoms with van der Waals surface area (Å²) >= 11 is 0. The molecule has 0 spiro atoms. The van der Waals surface area contributed by atoms with Gasteiger partial charge in [-0.05, 0) is 48.5 Å². The van der Waals surface area contributed by atoms with Crippen LogP contribution in [0.15, 0.2) is 83.8 Å². The van der Waals surface area contributed by atoms with E-state index in [1.807, 2.05) is 6.07 Å². The smallest absolute Gasteiger partial charge is 0.262 e.